The Morgan fingerprint density at radius 2 is 0.556 bits per heavy atom. The fraction of sp³-hybridized carbons (Fsp3) is 0. The number of phenols is 3. The van der Waals surface area contributed by atoms with Crippen molar-refractivity contribution in [3.63, 3.8) is 0 Å². The van der Waals surface area contributed by atoms with E-state index in [-0.39, 0.29) is 17.2 Å². The van der Waals surface area contributed by atoms with Crippen molar-refractivity contribution in [3.05, 3.63) is 146 Å². The van der Waals surface area contributed by atoms with Crippen LogP contribution in [0, 0.1) is 0 Å². The molecule has 6 aromatic carbocycles. The molecule has 0 saturated heterocycles. The van der Waals surface area contributed by atoms with Crippen LogP contribution in [0.15, 0.2) is 146 Å². The maximum Gasteiger partial charge on any atom is 0.164 e. The van der Waals surface area contributed by atoms with Gasteiger partial charge < -0.3 is 15.3 Å². The van der Waals surface area contributed by atoms with E-state index in [0.717, 1.165) is 33.4 Å². The maximum absolute atomic E-state index is 10.6. The number of aromatic hydroxyl groups is 3. The van der Waals surface area contributed by atoms with E-state index in [9.17, 15) is 15.3 Å². The van der Waals surface area contributed by atoms with Crippen molar-refractivity contribution < 1.29 is 15.3 Å². The van der Waals surface area contributed by atoms with Crippen LogP contribution in [0.5, 0.6) is 17.2 Å². The highest BCUT2D eigenvalue weighted by atomic mass is 16.3. The van der Waals surface area contributed by atoms with Crippen LogP contribution < -0.4 is 0 Å². The molecule has 7 rings (SSSR count). The standard InChI is InChI=1S/C39H27N3O3/c43-28-16-19-31(25-10-4-1-5-11-25)34(22-28)37-40-38(35-23-29(44)17-20-32(35)26-12-6-2-7-13-26)42-39(41-37)36-24-30(45)18-21-33(36)27-14-8-3-9-15-27/h1-24,43-45H. The first-order chi connectivity index (χ1) is 22.0. The largest absolute Gasteiger partial charge is 0.508 e. The fourth-order valence-electron chi connectivity index (χ4n) is 5.50. The smallest absolute Gasteiger partial charge is 0.164 e. The third-order valence-corrected chi connectivity index (χ3v) is 7.62. The van der Waals surface area contributed by atoms with Crippen molar-refractivity contribution in [2.45, 2.75) is 0 Å². The molecule has 3 N–H and O–H groups in total. The monoisotopic (exact) mass is 585 g/mol. The van der Waals surface area contributed by atoms with Crippen molar-refractivity contribution in [3.8, 4) is 84.8 Å². The minimum atomic E-state index is 0.0675. The minimum absolute atomic E-state index is 0.0675. The predicted octanol–water partition coefficient (Wildman–Crippen LogP) is 8.99. The number of benzene rings is 6. The van der Waals surface area contributed by atoms with E-state index in [1.165, 1.54) is 0 Å². The van der Waals surface area contributed by atoms with Crippen LogP contribution in [-0.4, -0.2) is 30.3 Å². The number of nitrogens with zero attached hydrogens (tertiary/aromatic N) is 3. The van der Waals surface area contributed by atoms with Crippen molar-refractivity contribution in [2.75, 3.05) is 0 Å². The van der Waals surface area contributed by atoms with Crippen molar-refractivity contribution in [2.24, 2.45) is 0 Å². The summed E-state index contributed by atoms with van der Waals surface area (Å²) >= 11 is 0. The van der Waals surface area contributed by atoms with Crippen LogP contribution in [0.25, 0.3) is 67.5 Å². The average Bonchev–Trinajstić information content (AvgIpc) is 3.09. The summed E-state index contributed by atoms with van der Waals surface area (Å²) in [6.45, 7) is 0. The summed E-state index contributed by atoms with van der Waals surface area (Å²) in [5.41, 5.74) is 7.10. The zero-order chi connectivity index (χ0) is 30.8. The van der Waals surface area contributed by atoms with Gasteiger partial charge in [0.15, 0.2) is 17.5 Å². The van der Waals surface area contributed by atoms with E-state index in [4.69, 9.17) is 15.0 Å². The van der Waals surface area contributed by atoms with Gasteiger partial charge in [0.05, 0.1) is 0 Å². The number of aromatic nitrogens is 3. The van der Waals surface area contributed by atoms with Crippen LogP contribution in [0.4, 0.5) is 0 Å². The molecular weight excluding hydrogens is 558 g/mol. The van der Waals surface area contributed by atoms with Crippen LogP contribution in [0.1, 0.15) is 0 Å². The zero-order valence-electron chi connectivity index (χ0n) is 24.0. The number of hydrogen-bond acceptors (Lipinski definition) is 6. The van der Waals surface area contributed by atoms with Gasteiger partial charge in [0.25, 0.3) is 0 Å². The molecule has 0 aliphatic carbocycles. The number of phenolic OH excluding ortho intramolecular Hbond substituents is 3. The molecule has 6 heteroatoms. The summed E-state index contributed by atoms with van der Waals surface area (Å²) in [4.78, 5) is 14.9. The Kier molecular flexibility index (Phi) is 7.21. The lowest BCUT2D eigenvalue weighted by atomic mass is 9.96. The molecule has 0 aliphatic heterocycles. The Morgan fingerprint density at radius 1 is 0.289 bits per heavy atom. The number of rotatable bonds is 6. The normalized spacial score (nSPS) is 10.9. The molecule has 0 amide bonds. The Bertz CT molecular complexity index is 1880. The Balaban J connectivity index is 1.54. The second kappa shape index (κ2) is 11.8. The van der Waals surface area contributed by atoms with E-state index < -0.39 is 0 Å². The Morgan fingerprint density at radius 3 is 0.822 bits per heavy atom. The van der Waals surface area contributed by atoms with Crippen LogP contribution in [0.3, 0.4) is 0 Å². The molecule has 0 fully saturated rings. The molecule has 216 valence electrons. The summed E-state index contributed by atoms with van der Waals surface area (Å²) in [6.07, 6.45) is 0. The number of hydrogen-bond donors (Lipinski definition) is 3. The lowest BCUT2D eigenvalue weighted by molar-refractivity contribution is 0.475. The zero-order valence-corrected chi connectivity index (χ0v) is 24.0. The van der Waals surface area contributed by atoms with Crippen LogP contribution >= 0.6 is 0 Å². The maximum atomic E-state index is 10.6. The molecule has 0 aliphatic rings. The molecular formula is C39H27N3O3. The first-order valence-electron chi connectivity index (χ1n) is 14.5. The van der Waals surface area contributed by atoms with E-state index in [1.54, 1.807) is 36.4 Å². The highest BCUT2D eigenvalue weighted by Crippen LogP contribution is 2.39. The molecule has 0 bridgehead atoms. The van der Waals surface area contributed by atoms with Crippen LogP contribution in [-0.2, 0) is 0 Å². The van der Waals surface area contributed by atoms with Gasteiger partial charge in [0.2, 0.25) is 0 Å². The summed E-state index contributed by atoms with van der Waals surface area (Å²) in [7, 11) is 0. The minimum Gasteiger partial charge on any atom is -0.508 e. The summed E-state index contributed by atoms with van der Waals surface area (Å²) < 4.78 is 0. The topological polar surface area (TPSA) is 99.4 Å². The molecule has 0 unspecified atom stereocenters. The van der Waals surface area contributed by atoms with Gasteiger partial charge in [-0.15, -0.1) is 0 Å². The molecule has 0 spiro atoms. The van der Waals surface area contributed by atoms with E-state index in [2.05, 4.69) is 0 Å². The van der Waals surface area contributed by atoms with Gasteiger partial charge in [0.1, 0.15) is 17.2 Å². The van der Waals surface area contributed by atoms with Crippen molar-refractivity contribution in [1.82, 2.24) is 15.0 Å². The van der Waals surface area contributed by atoms with E-state index >= 15 is 0 Å². The van der Waals surface area contributed by atoms with E-state index in [1.807, 2.05) is 109 Å². The van der Waals surface area contributed by atoms with Gasteiger partial charge in [-0.3, -0.25) is 0 Å². The molecule has 1 heterocycles. The first kappa shape index (κ1) is 27.6. The summed E-state index contributed by atoms with van der Waals surface area (Å²) in [5, 5.41) is 31.9. The molecule has 0 atom stereocenters. The summed E-state index contributed by atoms with van der Waals surface area (Å²) in [5.74, 6) is 1.19. The first-order valence-corrected chi connectivity index (χ1v) is 14.5. The van der Waals surface area contributed by atoms with Gasteiger partial charge in [-0.25, -0.2) is 15.0 Å². The third-order valence-electron chi connectivity index (χ3n) is 7.62. The lowest BCUT2D eigenvalue weighted by Gasteiger charge is -2.16. The van der Waals surface area contributed by atoms with Crippen molar-refractivity contribution >= 4 is 0 Å². The van der Waals surface area contributed by atoms with Gasteiger partial charge in [-0.2, -0.15) is 0 Å². The predicted molar refractivity (Wildman–Crippen MR) is 177 cm³/mol. The molecule has 7 aromatic rings. The quantitative estimate of drug-likeness (QED) is 0.180. The average molecular weight is 586 g/mol. The molecule has 0 saturated carbocycles. The summed E-state index contributed by atoms with van der Waals surface area (Å²) in [6, 6.07) is 44.9. The van der Waals surface area contributed by atoms with E-state index in [0.29, 0.717) is 34.2 Å². The second-order valence-electron chi connectivity index (χ2n) is 10.6. The SMILES string of the molecule is Oc1ccc(-c2ccccc2)c(-c2nc(-c3cc(O)ccc3-c3ccccc3)nc(-c3cc(O)ccc3-c3ccccc3)n2)c1. The molecule has 6 nitrogen and oxygen atoms in total. The molecule has 45 heavy (non-hydrogen) atoms. The van der Waals surface area contributed by atoms with Crippen LogP contribution in [0.2, 0.25) is 0 Å². The highest BCUT2D eigenvalue weighted by molar-refractivity contribution is 5.87. The van der Waals surface area contributed by atoms with Gasteiger partial charge >= 0.3 is 0 Å². The highest BCUT2D eigenvalue weighted by Gasteiger charge is 2.21. The van der Waals surface area contributed by atoms with Gasteiger partial charge in [-0.05, 0) is 88.0 Å². The fourth-order valence-corrected chi connectivity index (χ4v) is 5.50. The molecule has 0 radical (unpaired) electrons. The van der Waals surface area contributed by atoms with Gasteiger partial charge in [0, 0.05) is 16.7 Å². The Labute approximate surface area is 260 Å². The van der Waals surface area contributed by atoms with Gasteiger partial charge in [-0.1, -0.05) is 91.0 Å². The second-order valence-corrected chi connectivity index (χ2v) is 10.6. The Hall–Kier alpha value is -6.27. The molecule has 1 aromatic heterocycles. The lowest BCUT2D eigenvalue weighted by Crippen LogP contribution is -2.03. The van der Waals surface area contributed by atoms with Crippen molar-refractivity contribution in [1.29, 1.82) is 0 Å². The third kappa shape index (κ3) is 5.60.